The van der Waals surface area contributed by atoms with E-state index in [1.165, 1.54) is 0 Å². The van der Waals surface area contributed by atoms with Gasteiger partial charge in [0.1, 0.15) is 0 Å². The second kappa shape index (κ2) is 4.11. The third-order valence-corrected chi connectivity index (χ3v) is 2.71. The summed E-state index contributed by atoms with van der Waals surface area (Å²) in [5.41, 5.74) is 8.21. The topological polar surface area (TPSA) is 58.3 Å². The summed E-state index contributed by atoms with van der Waals surface area (Å²) in [7, 11) is 0. The first-order chi connectivity index (χ1) is 6.83. The van der Waals surface area contributed by atoms with Crippen molar-refractivity contribution in [3.05, 3.63) is 23.8 Å². The van der Waals surface area contributed by atoms with Gasteiger partial charge in [-0.1, -0.05) is 6.07 Å². The minimum atomic E-state index is -0.446. The molecule has 0 radical (unpaired) electrons. The molecule has 0 aromatic heterocycles. The molecule has 3 nitrogen and oxygen atoms in total. The maximum Gasteiger partial charge on any atom is 0.0736 e. The fraction of sp³-hybridized carbons (Fsp3) is 0.500. The molecule has 1 aromatic rings. The van der Waals surface area contributed by atoms with E-state index < -0.39 is 6.10 Å². The van der Waals surface area contributed by atoms with Gasteiger partial charge in [0, 0.05) is 0 Å². The fourth-order valence-corrected chi connectivity index (χ4v) is 1.25. The van der Waals surface area contributed by atoms with Crippen LogP contribution in [0.15, 0.2) is 18.2 Å². The number of nitrogens with two attached hydrogens (primary N) is 1. The van der Waals surface area contributed by atoms with Crippen LogP contribution in [0.4, 0.5) is 11.4 Å². The monoisotopic (exact) mass is 208 g/mol. The largest absolute Gasteiger partial charge is 0.397 e. The lowest BCUT2D eigenvalue weighted by Gasteiger charge is -2.31. The molecular weight excluding hydrogens is 188 g/mol. The molecule has 0 aliphatic heterocycles. The van der Waals surface area contributed by atoms with Gasteiger partial charge in [0.15, 0.2) is 0 Å². The molecule has 84 valence electrons. The van der Waals surface area contributed by atoms with Crippen LogP contribution in [0.2, 0.25) is 0 Å². The van der Waals surface area contributed by atoms with Crippen LogP contribution in [0.25, 0.3) is 0 Å². The predicted octanol–water partition coefficient (Wildman–Crippen LogP) is 2.15. The molecule has 0 aliphatic carbocycles. The van der Waals surface area contributed by atoms with E-state index in [1.807, 2.05) is 39.0 Å². The molecule has 1 unspecified atom stereocenters. The lowest BCUT2D eigenvalue weighted by molar-refractivity contribution is 0.133. The van der Waals surface area contributed by atoms with Crippen LogP contribution in [-0.4, -0.2) is 16.7 Å². The number of anilines is 2. The van der Waals surface area contributed by atoms with Crippen molar-refractivity contribution in [3.63, 3.8) is 0 Å². The summed E-state index contributed by atoms with van der Waals surface area (Å²) in [6, 6.07) is 5.85. The summed E-state index contributed by atoms with van der Waals surface area (Å²) in [5.74, 6) is 0. The molecule has 0 aliphatic rings. The number of hydrogen-bond donors (Lipinski definition) is 3. The summed E-state index contributed by atoms with van der Waals surface area (Å²) in [6.07, 6.45) is -0.446. The van der Waals surface area contributed by atoms with Gasteiger partial charge in [-0.05, 0) is 45.4 Å². The summed E-state index contributed by atoms with van der Waals surface area (Å²) < 4.78 is 0. The second-order valence-electron chi connectivity index (χ2n) is 4.61. The number of hydrogen-bond acceptors (Lipinski definition) is 3. The Labute approximate surface area is 91.3 Å². The van der Waals surface area contributed by atoms with Gasteiger partial charge >= 0.3 is 0 Å². The van der Waals surface area contributed by atoms with Gasteiger partial charge in [-0.25, -0.2) is 0 Å². The van der Waals surface area contributed by atoms with Crippen molar-refractivity contribution in [3.8, 4) is 0 Å². The van der Waals surface area contributed by atoms with Crippen molar-refractivity contribution >= 4 is 11.4 Å². The number of aliphatic hydroxyl groups excluding tert-OH is 1. The Morgan fingerprint density at radius 1 is 1.40 bits per heavy atom. The van der Waals surface area contributed by atoms with E-state index in [0.717, 1.165) is 11.3 Å². The van der Waals surface area contributed by atoms with E-state index >= 15 is 0 Å². The highest BCUT2D eigenvalue weighted by Gasteiger charge is 2.24. The van der Waals surface area contributed by atoms with E-state index in [4.69, 9.17) is 5.73 Å². The first-order valence-corrected chi connectivity index (χ1v) is 5.15. The maximum absolute atomic E-state index is 9.58. The molecule has 0 amide bonds. The van der Waals surface area contributed by atoms with E-state index in [0.29, 0.717) is 5.69 Å². The molecule has 3 heteroatoms. The highest BCUT2D eigenvalue weighted by Crippen LogP contribution is 2.24. The normalized spacial score (nSPS) is 13.7. The summed E-state index contributed by atoms with van der Waals surface area (Å²) in [4.78, 5) is 0. The molecule has 1 rings (SSSR count). The quantitative estimate of drug-likeness (QED) is 0.667. The predicted molar refractivity (Wildman–Crippen MR) is 65.0 cm³/mol. The molecule has 0 saturated heterocycles. The number of rotatable bonds is 3. The first kappa shape index (κ1) is 11.9. The van der Waals surface area contributed by atoms with Crippen LogP contribution >= 0.6 is 0 Å². The Morgan fingerprint density at radius 3 is 2.47 bits per heavy atom. The van der Waals surface area contributed by atoms with Crippen molar-refractivity contribution < 1.29 is 5.11 Å². The smallest absolute Gasteiger partial charge is 0.0736 e. The van der Waals surface area contributed by atoms with Gasteiger partial charge in [0.05, 0.1) is 23.0 Å². The average Bonchev–Trinajstić information content (AvgIpc) is 2.09. The van der Waals surface area contributed by atoms with Crippen molar-refractivity contribution in [1.82, 2.24) is 0 Å². The van der Waals surface area contributed by atoms with E-state index in [1.54, 1.807) is 6.92 Å². The summed E-state index contributed by atoms with van der Waals surface area (Å²) in [5, 5.41) is 12.8. The lowest BCUT2D eigenvalue weighted by Crippen LogP contribution is -2.42. The summed E-state index contributed by atoms with van der Waals surface area (Å²) >= 11 is 0. The van der Waals surface area contributed by atoms with E-state index in [2.05, 4.69) is 5.32 Å². The van der Waals surface area contributed by atoms with E-state index in [-0.39, 0.29) is 5.54 Å². The van der Waals surface area contributed by atoms with Crippen molar-refractivity contribution in [2.75, 3.05) is 11.1 Å². The Bertz CT molecular complexity index is 345. The highest BCUT2D eigenvalue weighted by molar-refractivity contribution is 5.67. The van der Waals surface area contributed by atoms with Crippen molar-refractivity contribution in [1.29, 1.82) is 0 Å². The summed E-state index contributed by atoms with van der Waals surface area (Å²) in [6.45, 7) is 7.64. The van der Waals surface area contributed by atoms with Crippen LogP contribution < -0.4 is 11.1 Å². The van der Waals surface area contributed by atoms with Gasteiger partial charge < -0.3 is 16.2 Å². The zero-order chi connectivity index (χ0) is 11.6. The molecule has 0 fully saturated rings. The number of aliphatic hydroxyl groups is 1. The lowest BCUT2D eigenvalue weighted by atomic mass is 9.98. The van der Waals surface area contributed by atoms with Gasteiger partial charge in [-0.2, -0.15) is 0 Å². The van der Waals surface area contributed by atoms with Gasteiger partial charge in [0.25, 0.3) is 0 Å². The third-order valence-electron chi connectivity index (χ3n) is 2.71. The standard InChI is InChI=1S/C12H20N2O/c1-8-5-6-11(10(13)7-8)14-12(3,4)9(2)15/h5-7,9,14-15H,13H2,1-4H3. The molecular formula is C12H20N2O. The Kier molecular flexibility index (Phi) is 3.25. The SMILES string of the molecule is Cc1ccc(NC(C)(C)C(C)O)c(N)c1. The zero-order valence-corrected chi connectivity index (χ0v) is 9.83. The maximum atomic E-state index is 9.58. The van der Waals surface area contributed by atoms with Crippen molar-refractivity contribution in [2.45, 2.75) is 39.3 Å². The van der Waals surface area contributed by atoms with E-state index in [9.17, 15) is 5.11 Å². The van der Waals surface area contributed by atoms with Crippen LogP contribution in [0.3, 0.4) is 0 Å². The van der Waals surface area contributed by atoms with Crippen LogP contribution in [0, 0.1) is 6.92 Å². The first-order valence-electron chi connectivity index (χ1n) is 5.15. The van der Waals surface area contributed by atoms with Gasteiger partial charge in [0.2, 0.25) is 0 Å². The van der Waals surface area contributed by atoms with Gasteiger partial charge in [-0.15, -0.1) is 0 Å². The Balaban J connectivity index is 2.90. The second-order valence-corrected chi connectivity index (χ2v) is 4.61. The molecule has 4 N–H and O–H groups in total. The molecule has 0 saturated carbocycles. The minimum Gasteiger partial charge on any atom is -0.397 e. The number of aryl methyl sites for hydroxylation is 1. The molecule has 1 aromatic carbocycles. The zero-order valence-electron chi connectivity index (χ0n) is 9.83. The van der Waals surface area contributed by atoms with Crippen LogP contribution in [0.1, 0.15) is 26.3 Å². The average molecular weight is 208 g/mol. The molecule has 0 spiro atoms. The molecule has 15 heavy (non-hydrogen) atoms. The number of benzene rings is 1. The number of nitrogen functional groups attached to an aromatic ring is 1. The highest BCUT2D eigenvalue weighted by atomic mass is 16.3. The van der Waals surface area contributed by atoms with Crippen molar-refractivity contribution in [2.24, 2.45) is 0 Å². The minimum absolute atomic E-state index is 0.386. The molecule has 0 heterocycles. The van der Waals surface area contributed by atoms with Gasteiger partial charge in [-0.3, -0.25) is 0 Å². The fourth-order valence-electron chi connectivity index (χ4n) is 1.25. The Morgan fingerprint density at radius 2 is 2.00 bits per heavy atom. The third kappa shape index (κ3) is 2.86. The molecule has 1 atom stereocenters. The van der Waals surface area contributed by atoms with Crippen LogP contribution in [0.5, 0.6) is 0 Å². The Hall–Kier alpha value is -1.22. The van der Waals surface area contributed by atoms with Crippen LogP contribution in [-0.2, 0) is 0 Å². The molecule has 0 bridgehead atoms. The number of nitrogens with one attached hydrogen (secondary N) is 1.